The van der Waals surface area contributed by atoms with Crippen molar-refractivity contribution in [2.24, 2.45) is 11.8 Å². The van der Waals surface area contributed by atoms with Crippen molar-refractivity contribution in [1.29, 1.82) is 0 Å². The fourth-order valence-electron chi connectivity index (χ4n) is 3.22. The van der Waals surface area contributed by atoms with Crippen LogP contribution in [0.2, 0.25) is 0 Å². The quantitative estimate of drug-likeness (QED) is 0.747. The molecule has 2 unspecified atom stereocenters. The Morgan fingerprint density at radius 3 is 2.67 bits per heavy atom. The predicted octanol–water partition coefficient (Wildman–Crippen LogP) is 2.53. The Hall–Kier alpha value is -1.71. The van der Waals surface area contributed by atoms with Crippen LogP contribution in [-0.2, 0) is 0 Å². The molecule has 2 fully saturated rings. The Balaban J connectivity index is 1.62. The van der Waals surface area contributed by atoms with E-state index in [0.29, 0.717) is 5.69 Å². The van der Waals surface area contributed by atoms with E-state index >= 15 is 0 Å². The minimum atomic E-state index is 0.00926. The molecule has 3 N–H and O–H groups in total. The summed E-state index contributed by atoms with van der Waals surface area (Å²) in [5, 5.41) is 2.92. The second kappa shape index (κ2) is 4.52. The third-order valence-corrected chi connectivity index (χ3v) is 4.15. The number of nitrogens with zero attached hydrogens (tertiary/aromatic N) is 1. The van der Waals surface area contributed by atoms with E-state index in [1.807, 2.05) is 23.1 Å². The van der Waals surface area contributed by atoms with Crippen LogP contribution in [-0.4, -0.2) is 24.0 Å². The Bertz CT molecular complexity index is 448. The highest BCUT2D eigenvalue weighted by molar-refractivity contribution is 5.90. The Kier molecular flexibility index (Phi) is 2.86. The van der Waals surface area contributed by atoms with Gasteiger partial charge in [0.25, 0.3) is 0 Å². The van der Waals surface area contributed by atoms with Crippen LogP contribution in [0.3, 0.4) is 0 Å². The van der Waals surface area contributed by atoms with Gasteiger partial charge in [-0.2, -0.15) is 0 Å². The molecule has 0 bridgehead atoms. The second-order valence-electron chi connectivity index (χ2n) is 5.41. The molecule has 1 aliphatic carbocycles. The first kappa shape index (κ1) is 11.4. The highest BCUT2D eigenvalue weighted by Gasteiger charge is 2.37. The first-order valence-electron chi connectivity index (χ1n) is 6.64. The lowest BCUT2D eigenvalue weighted by Crippen LogP contribution is -2.33. The first-order valence-corrected chi connectivity index (χ1v) is 6.64. The summed E-state index contributed by atoms with van der Waals surface area (Å²) < 4.78 is 0. The number of carbonyl (C=O) groups excluding carboxylic acids is 1. The molecule has 1 saturated heterocycles. The van der Waals surface area contributed by atoms with Crippen LogP contribution >= 0.6 is 0 Å². The molecule has 1 aromatic carbocycles. The number of amides is 2. The van der Waals surface area contributed by atoms with Gasteiger partial charge < -0.3 is 16.0 Å². The van der Waals surface area contributed by atoms with Crippen LogP contribution in [0.25, 0.3) is 0 Å². The molecule has 0 radical (unpaired) electrons. The summed E-state index contributed by atoms with van der Waals surface area (Å²) in [5.41, 5.74) is 7.15. The largest absolute Gasteiger partial charge is 0.399 e. The average Bonchev–Trinajstić information content (AvgIpc) is 2.88. The highest BCUT2D eigenvalue weighted by Crippen LogP contribution is 2.37. The van der Waals surface area contributed by atoms with E-state index in [2.05, 4.69) is 5.32 Å². The molecule has 2 amide bonds. The second-order valence-corrected chi connectivity index (χ2v) is 5.41. The van der Waals surface area contributed by atoms with Gasteiger partial charge in [0.05, 0.1) is 0 Å². The Morgan fingerprint density at radius 1 is 1.28 bits per heavy atom. The summed E-state index contributed by atoms with van der Waals surface area (Å²) in [7, 11) is 0. The van der Waals surface area contributed by atoms with Crippen molar-refractivity contribution in [1.82, 2.24) is 4.90 Å². The minimum absolute atomic E-state index is 0.00926. The molecule has 1 aliphatic heterocycles. The number of nitrogens with two attached hydrogens (primary N) is 1. The number of nitrogens with one attached hydrogen (secondary N) is 1. The van der Waals surface area contributed by atoms with Gasteiger partial charge in [0.1, 0.15) is 0 Å². The lowest BCUT2D eigenvalue weighted by Gasteiger charge is -2.18. The molecule has 1 saturated carbocycles. The summed E-state index contributed by atoms with van der Waals surface area (Å²) in [6.07, 6.45) is 3.90. The summed E-state index contributed by atoms with van der Waals surface area (Å²) in [5.74, 6) is 1.47. The number of anilines is 2. The minimum Gasteiger partial charge on any atom is -0.399 e. The van der Waals surface area contributed by atoms with Crippen LogP contribution in [0, 0.1) is 11.8 Å². The molecule has 3 rings (SSSR count). The SMILES string of the molecule is Nc1cccc(NC(=O)N2CC3CCCC3C2)c1. The molecule has 4 nitrogen and oxygen atoms in total. The van der Waals surface area contributed by atoms with Crippen molar-refractivity contribution < 1.29 is 4.79 Å². The van der Waals surface area contributed by atoms with Crippen LogP contribution in [0.15, 0.2) is 24.3 Å². The third kappa shape index (κ3) is 2.15. The molecule has 0 spiro atoms. The molecular weight excluding hydrogens is 226 g/mol. The van der Waals surface area contributed by atoms with Crippen LogP contribution < -0.4 is 11.1 Å². The summed E-state index contributed by atoms with van der Waals surface area (Å²) in [6.45, 7) is 1.83. The van der Waals surface area contributed by atoms with Gasteiger partial charge in [-0.15, -0.1) is 0 Å². The van der Waals surface area contributed by atoms with Gasteiger partial charge in [-0.3, -0.25) is 0 Å². The van der Waals surface area contributed by atoms with E-state index in [1.54, 1.807) is 6.07 Å². The van der Waals surface area contributed by atoms with Crippen molar-refractivity contribution in [3.63, 3.8) is 0 Å². The number of carbonyl (C=O) groups is 1. The van der Waals surface area contributed by atoms with E-state index in [1.165, 1.54) is 19.3 Å². The van der Waals surface area contributed by atoms with Crippen molar-refractivity contribution in [3.8, 4) is 0 Å². The topological polar surface area (TPSA) is 58.4 Å². The van der Waals surface area contributed by atoms with E-state index in [9.17, 15) is 4.79 Å². The monoisotopic (exact) mass is 245 g/mol. The van der Waals surface area contributed by atoms with E-state index in [-0.39, 0.29) is 6.03 Å². The maximum absolute atomic E-state index is 12.1. The lowest BCUT2D eigenvalue weighted by molar-refractivity contribution is 0.219. The highest BCUT2D eigenvalue weighted by atomic mass is 16.2. The van der Waals surface area contributed by atoms with Gasteiger partial charge in [0, 0.05) is 24.5 Å². The molecule has 2 atom stereocenters. The van der Waals surface area contributed by atoms with E-state index in [0.717, 1.165) is 30.6 Å². The smallest absolute Gasteiger partial charge is 0.321 e. The van der Waals surface area contributed by atoms with Gasteiger partial charge in [-0.1, -0.05) is 12.5 Å². The maximum Gasteiger partial charge on any atom is 0.321 e. The average molecular weight is 245 g/mol. The van der Waals surface area contributed by atoms with Gasteiger partial charge >= 0.3 is 6.03 Å². The fraction of sp³-hybridized carbons (Fsp3) is 0.500. The third-order valence-electron chi connectivity index (χ3n) is 4.15. The molecular formula is C14H19N3O. The van der Waals surface area contributed by atoms with Crippen molar-refractivity contribution in [2.75, 3.05) is 24.1 Å². The molecule has 18 heavy (non-hydrogen) atoms. The van der Waals surface area contributed by atoms with Gasteiger partial charge in [0.2, 0.25) is 0 Å². The summed E-state index contributed by atoms with van der Waals surface area (Å²) >= 11 is 0. The lowest BCUT2D eigenvalue weighted by atomic mass is 10.0. The van der Waals surface area contributed by atoms with Crippen molar-refractivity contribution in [3.05, 3.63) is 24.3 Å². The van der Waals surface area contributed by atoms with Gasteiger partial charge in [-0.25, -0.2) is 4.79 Å². The number of urea groups is 1. The zero-order valence-corrected chi connectivity index (χ0v) is 10.4. The van der Waals surface area contributed by atoms with E-state index in [4.69, 9.17) is 5.73 Å². The number of hydrogen-bond donors (Lipinski definition) is 2. The molecule has 2 aliphatic rings. The van der Waals surface area contributed by atoms with Gasteiger partial charge in [0.15, 0.2) is 0 Å². The number of rotatable bonds is 1. The zero-order chi connectivity index (χ0) is 12.5. The molecule has 1 heterocycles. The van der Waals surface area contributed by atoms with Crippen molar-refractivity contribution in [2.45, 2.75) is 19.3 Å². The first-order chi connectivity index (χ1) is 8.72. The van der Waals surface area contributed by atoms with Crippen molar-refractivity contribution >= 4 is 17.4 Å². The van der Waals surface area contributed by atoms with Crippen LogP contribution in [0.4, 0.5) is 16.2 Å². The maximum atomic E-state index is 12.1. The number of nitrogen functional groups attached to an aromatic ring is 1. The molecule has 4 heteroatoms. The van der Waals surface area contributed by atoms with Crippen LogP contribution in [0.1, 0.15) is 19.3 Å². The number of likely N-dealkylation sites (tertiary alicyclic amines) is 1. The van der Waals surface area contributed by atoms with E-state index < -0.39 is 0 Å². The number of hydrogen-bond acceptors (Lipinski definition) is 2. The summed E-state index contributed by atoms with van der Waals surface area (Å²) in [4.78, 5) is 14.1. The number of fused-ring (bicyclic) bond motifs is 1. The van der Waals surface area contributed by atoms with Crippen LogP contribution in [0.5, 0.6) is 0 Å². The zero-order valence-electron chi connectivity index (χ0n) is 10.4. The molecule has 1 aromatic rings. The van der Waals surface area contributed by atoms with Gasteiger partial charge in [-0.05, 0) is 42.9 Å². The Labute approximate surface area is 107 Å². The molecule has 96 valence electrons. The summed E-state index contributed by atoms with van der Waals surface area (Å²) in [6, 6.07) is 7.33. The molecule has 0 aromatic heterocycles. The Morgan fingerprint density at radius 2 is 2.00 bits per heavy atom. The number of benzene rings is 1. The standard InChI is InChI=1S/C14H19N3O/c15-12-5-2-6-13(7-12)16-14(18)17-8-10-3-1-4-11(10)9-17/h2,5-7,10-11H,1,3-4,8-9,15H2,(H,16,18). The normalized spacial score (nSPS) is 26.1. The predicted molar refractivity (Wildman–Crippen MR) is 72.3 cm³/mol. The fourth-order valence-corrected chi connectivity index (χ4v) is 3.22.